The van der Waals surface area contributed by atoms with Crippen LogP contribution in [-0.4, -0.2) is 30.9 Å². The van der Waals surface area contributed by atoms with Crippen LogP contribution in [0.1, 0.15) is 24.1 Å². The number of carbonyl (C=O) groups excluding carboxylic acids is 1. The summed E-state index contributed by atoms with van der Waals surface area (Å²) in [7, 11) is 0. The lowest BCUT2D eigenvalue weighted by Gasteiger charge is -2.10. The van der Waals surface area contributed by atoms with Crippen molar-refractivity contribution in [2.24, 2.45) is 5.73 Å². The lowest BCUT2D eigenvalue weighted by atomic mass is 10.2. The van der Waals surface area contributed by atoms with Gasteiger partial charge in [-0.05, 0) is 43.7 Å². The highest BCUT2D eigenvalue weighted by molar-refractivity contribution is 5.77. The van der Waals surface area contributed by atoms with Gasteiger partial charge in [-0.25, -0.2) is 14.6 Å². The van der Waals surface area contributed by atoms with Crippen LogP contribution in [0.3, 0.4) is 0 Å². The number of rotatable bonds is 5. The number of aromatic nitrogens is 5. The first kappa shape index (κ1) is 19.3. The van der Waals surface area contributed by atoms with Gasteiger partial charge in [0.1, 0.15) is 23.4 Å². The first-order chi connectivity index (χ1) is 13.1. The number of pyridine rings is 2. The molecule has 3 heterocycles. The third kappa shape index (κ3) is 4.24. The molecular weight excluding hydrogens is 375 g/mol. The van der Waals surface area contributed by atoms with Crippen molar-refractivity contribution in [2.45, 2.75) is 26.1 Å². The predicted molar refractivity (Wildman–Crippen MR) is 94.4 cm³/mol. The molecule has 3 aromatic heterocycles. The van der Waals surface area contributed by atoms with Crippen LogP contribution >= 0.6 is 0 Å². The van der Waals surface area contributed by atoms with E-state index < -0.39 is 23.7 Å². The highest BCUT2D eigenvalue weighted by Crippen LogP contribution is 2.30. The van der Waals surface area contributed by atoms with Crippen LogP contribution in [0.15, 0.2) is 36.7 Å². The molecule has 0 radical (unpaired) electrons. The molecule has 0 aliphatic heterocycles. The SMILES string of the molecule is Cc1cc(Nc2cc(C(F)(F)F)ccn2)nc(-c2cn([C@H](C)C(N)=O)nn2)c1. The van der Waals surface area contributed by atoms with Gasteiger partial charge in [-0.1, -0.05) is 5.21 Å². The summed E-state index contributed by atoms with van der Waals surface area (Å²) in [5, 5.41) is 10.6. The van der Waals surface area contributed by atoms with E-state index in [9.17, 15) is 18.0 Å². The summed E-state index contributed by atoms with van der Waals surface area (Å²) in [5.41, 5.74) is 6.04. The zero-order valence-electron chi connectivity index (χ0n) is 14.9. The molecule has 3 N–H and O–H groups in total. The zero-order valence-corrected chi connectivity index (χ0v) is 14.9. The Bertz CT molecular complexity index is 1020. The lowest BCUT2D eigenvalue weighted by Crippen LogP contribution is -2.24. The highest BCUT2D eigenvalue weighted by Gasteiger charge is 2.30. The van der Waals surface area contributed by atoms with Gasteiger partial charge < -0.3 is 11.1 Å². The van der Waals surface area contributed by atoms with Crippen molar-refractivity contribution in [3.05, 3.63) is 47.8 Å². The zero-order chi connectivity index (χ0) is 20.5. The minimum atomic E-state index is -4.47. The molecule has 0 aliphatic carbocycles. The van der Waals surface area contributed by atoms with Crippen molar-refractivity contribution < 1.29 is 18.0 Å². The van der Waals surface area contributed by atoms with Crippen molar-refractivity contribution >= 4 is 17.5 Å². The molecule has 0 saturated heterocycles. The fraction of sp³-hybridized carbons (Fsp3) is 0.235. The standard InChI is InChI=1S/C17H16F3N7O/c1-9-5-12(13-8-27(26-25-13)10(2)16(21)28)23-15(6-9)24-14-7-11(3-4-22-14)17(18,19)20/h3-8,10H,1-2H3,(H2,21,28)(H,22,23,24)/t10-/m1/s1. The normalized spacial score (nSPS) is 12.6. The second-order valence-corrected chi connectivity index (χ2v) is 6.13. The molecule has 0 unspecified atom stereocenters. The average Bonchev–Trinajstić information content (AvgIpc) is 3.10. The van der Waals surface area contributed by atoms with E-state index in [0.29, 0.717) is 17.2 Å². The van der Waals surface area contributed by atoms with Crippen molar-refractivity contribution in [1.29, 1.82) is 0 Å². The van der Waals surface area contributed by atoms with Gasteiger partial charge in [-0.3, -0.25) is 4.79 Å². The molecule has 3 rings (SSSR count). The summed E-state index contributed by atoms with van der Waals surface area (Å²) in [5.74, 6) is -0.268. The smallest absolute Gasteiger partial charge is 0.368 e. The Morgan fingerprint density at radius 1 is 1.21 bits per heavy atom. The highest BCUT2D eigenvalue weighted by atomic mass is 19.4. The fourth-order valence-corrected chi connectivity index (χ4v) is 2.38. The Balaban J connectivity index is 1.90. The van der Waals surface area contributed by atoms with Gasteiger partial charge >= 0.3 is 6.18 Å². The summed E-state index contributed by atoms with van der Waals surface area (Å²) in [4.78, 5) is 19.5. The Labute approximate surface area is 157 Å². The minimum absolute atomic E-state index is 0.00452. The second kappa shape index (κ2) is 7.25. The number of hydrogen-bond donors (Lipinski definition) is 2. The molecule has 8 nitrogen and oxygen atoms in total. The van der Waals surface area contributed by atoms with Gasteiger partial charge in [0.15, 0.2) is 0 Å². The molecular formula is C17H16F3N7O. The molecule has 1 atom stereocenters. The van der Waals surface area contributed by atoms with Crippen LogP contribution in [0.5, 0.6) is 0 Å². The molecule has 0 spiro atoms. The summed E-state index contributed by atoms with van der Waals surface area (Å²) in [6.45, 7) is 3.38. The van der Waals surface area contributed by atoms with Crippen LogP contribution in [0.25, 0.3) is 11.4 Å². The van der Waals surface area contributed by atoms with Crippen LogP contribution in [0.2, 0.25) is 0 Å². The van der Waals surface area contributed by atoms with Gasteiger partial charge in [-0.15, -0.1) is 5.10 Å². The maximum Gasteiger partial charge on any atom is 0.416 e. The van der Waals surface area contributed by atoms with E-state index in [-0.39, 0.29) is 5.82 Å². The number of anilines is 2. The first-order valence-electron chi connectivity index (χ1n) is 8.14. The van der Waals surface area contributed by atoms with Gasteiger partial charge in [-0.2, -0.15) is 13.2 Å². The number of amides is 1. The average molecular weight is 391 g/mol. The van der Waals surface area contributed by atoms with Crippen LogP contribution in [0.4, 0.5) is 24.8 Å². The molecule has 146 valence electrons. The third-order valence-corrected chi connectivity index (χ3v) is 3.89. The van der Waals surface area contributed by atoms with Crippen LogP contribution < -0.4 is 11.1 Å². The van der Waals surface area contributed by atoms with E-state index in [2.05, 4.69) is 25.6 Å². The maximum absolute atomic E-state index is 12.9. The number of primary amides is 1. The van der Waals surface area contributed by atoms with E-state index in [1.807, 2.05) is 0 Å². The van der Waals surface area contributed by atoms with Gasteiger partial charge in [0.05, 0.1) is 17.5 Å². The fourth-order valence-electron chi connectivity index (χ4n) is 2.38. The number of nitrogens with two attached hydrogens (primary N) is 1. The second-order valence-electron chi connectivity index (χ2n) is 6.13. The first-order valence-corrected chi connectivity index (χ1v) is 8.14. The Morgan fingerprint density at radius 2 is 1.96 bits per heavy atom. The van der Waals surface area contributed by atoms with Crippen molar-refractivity contribution in [3.8, 4) is 11.4 Å². The van der Waals surface area contributed by atoms with Crippen LogP contribution in [-0.2, 0) is 11.0 Å². The van der Waals surface area contributed by atoms with E-state index in [4.69, 9.17) is 5.73 Å². The molecule has 0 saturated carbocycles. The summed E-state index contributed by atoms with van der Waals surface area (Å²) < 4.78 is 39.9. The predicted octanol–water partition coefficient (Wildman–Crippen LogP) is 2.85. The van der Waals surface area contributed by atoms with Crippen molar-refractivity contribution in [1.82, 2.24) is 25.0 Å². The van der Waals surface area contributed by atoms with E-state index in [1.54, 1.807) is 26.0 Å². The summed E-state index contributed by atoms with van der Waals surface area (Å²) in [6, 6.07) is 4.49. The number of halogens is 3. The minimum Gasteiger partial charge on any atom is -0.368 e. The molecule has 0 aliphatic rings. The molecule has 1 amide bonds. The molecule has 0 bridgehead atoms. The van der Waals surface area contributed by atoms with Crippen LogP contribution in [0, 0.1) is 6.92 Å². The molecule has 0 aromatic carbocycles. The monoisotopic (exact) mass is 391 g/mol. The third-order valence-electron chi connectivity index (χ3n) is 3.89. The van der Waals surface area contributed by atoms with Crippen molar-refractivity contribution in [2.75, 3.05) is 5.32 Å². The number of aryl methyl sites for hydroxylation is 1. The van der Waals surface area contributed by atoms with Crippen molar-refractivity contribution in [3.63, 3.8) is 0 Å². The molecule has 28 heavy (non-hydrogen) atoms. The van der Waals surface area contributed by atoms with E-state index in [0.717, 1.165) is 23.9 Å². The molecule has 3 aromatic rings. The molecule has 11 heteroatoms. The Morgan fingerprint density at radius 3 is 2.64 bits per heavy atom. The quantitative estimate of drug-likeness (QED) is 0.692. The topological polar surface area (TPSA) is 112 Å². The Hall–Kier alpha value is -3.50. The van der Waals surface area contributed by atoms with E-state index in [1.165, 1.54) is 10.9 Å². The number of carbonyl (C=O) groups is 1. The molecule has 0 fully saturated rings. The Kier molecular flexibility index (Phi) is 4.99. The summed E-state index contributed by atoms with van der Waals surface area (Å²) in [6.07, 6.45) is -1.89. The van der Waals surface area contributed by atoms with Gasteiger partial charge in [0, 0.05) is 6.20 Å². The van der Waals surface area contributed by atoms with E-state index >= 15 is 0 Å². The maximum atomic E-state index is 12.9. The number of nitrogens with one attached hydrogen (secondary N) is 1. The number of alkyl halides is 3. The van der Waals surface area contributed by atoms with Gasteiger partial charge in [0.2, 0.25) is 5.91 Å². The van der Waals surface area contributed by atoms with Gasteiger partial charge in [0.25, 0.3) is 0 Å². The number of nitrogens with zero attached hydrogens (tertiary/aromatic N) is 5. The number of hydrogen-bond acceptors (Lipinski definition) is 6. The largest absolute Gasteiger partial charge is 0.416 e. The lowest BCUT2D eigenvalue weighted by molar-refractivity contribution is -0.137. The summed E-state index contributed by atoms with van der Waals surface area (Å²) >= 11 is 0.